The summed E-state index contributed by atoms with van der Waals surface area (Å²) in [7, 11) is -4.75. The van der Waals surface area contributed by atoms with Crippen molar-refractivity contribution in [1.82, 2.24) is 19.5 Å². The molecule has 6 N–H and O–H groups in total. The van der Waals surface area contributed by atoms with E-state index in [2.05, 4.69) is 19.5 Å². The van der Waals surface area contributed by atoms with E-state index >= 15 is 0 Å². The summed E-state index contributed by atoms with van der Waals surface area (Å²) >= 11 is 4.98. The van der Waals surface area contributed by atoms with Gasteiger partial charge in [0, 0.05) is 0 Å². The van der Waals surface area contributed by atoms with Crippen LogP contribution in [0.4, 0.5) is 0 Å². The molecule has 1 aliphatic heterocycles. The normalized spacial score (nSPS) is 27.8. The Morgan fingerprint density at radius 1 is 1.38 bits per heavy atom. The van der Waals surface area contributed by atoms with Gasteiger partial charge in [0.05, 0.1) is 12.9 Å². The topological polar surface area (TPSA) is 183 Å². The van der Waals surface area contributed by atoms with Crippen molar-refractivity contribution in [2.24, 2.45) is 0 Å². The van der Waals surface area contributed by atoms with E-state index in [0.29, 0.717) is 0 Å². The lowest BCUT2D eigenvalue weighted by molar-refractivity contribution is -0.0504. The molecule has 0 amide bonds. The van der Waals surface area contributed by atoms with E-state index in [0.717, 1.165) is 0 Å². The lowest BCUT2D eigenvalue weighted by atomic mass is 10.1. The first-order chi connectivity index (χ1) is 11.2. The molecule has 132 valence electrons. The van der Waals surface area contributed by atoms with Gasteiger partial charge in [-0.1, -0.05) is 12.2 Å². The fourth-order valence-corrected chi connectivity index (χ4v) is 3.00. The minimum Gasteiger partial charge on any atom is -0.387 e. The van der Waals surface area contributed by atoms with Gasteiger partial charge in [-0.3, -0.25) is 19.1 Å². The molecule has 0 radical (unpaired) electrons. The van der Waals surface area contributed by atoms with Crippen LogP contribution >= 0.6 is 20.0 Å². The fraction of sp³-hybridized carbons (Fsp3) is 0.500. The Morgan fingerprint density at radius 3 is 2.75 bits per heavy atom. The van der Waals surface area contributed by atoms with Gasteiger partial charge in [-0.25, -0.2) is 14.3 Å². The number of aliphatic hydroxyl groups is 2. The number of aliphatic hydroxyl groups excluding tert-OH is 2. The van der Waals surface area contributed by atoms with Gasteiger partial charge in [-0.2, -0.15) is 0 Å². The molecule has 0 aromatic carbocycles. The largest absolute Gasteiger partial charge is 0.469 e. The van der Waals surface area contributed by atoms with Crippen LogP contribution in [0.2, 0.25) is 0 Å². The van der Waals surface area contributed by atoms with Crippen LogP contribution in [0.5, 0.6) is 0 Å². The van der Waals surface area contributed by atoms with Crippen LogP contribution in [0.3, 0.4) is 0 Å². The molecular weight excluding hydrogens is 367 g/mol. The molecule has 1 aliphatic rings. The first-order valence-electron chi connectivity index (χ1n) is 6.58. The van der Waals surface area contributed by atoms with E-state index in [-0.39, 0.29) is 15.8 Å². The van der Waals surface area contributed by atoms with Crippen LogP contribution < -0.4 is 5.69 Å². The molecule has 2 unspecified atom stereocenters. The number of H-pyrrole nitrogens is 2. The smallest absolute Gasteiger partial charge is 0.387 e. The number of fused-ring (bicyclic) bond motifs is 1. The van der Waals surface area contributed by atoms with Crippen molar-refractivity contribution in [3.05, 3.63) is 21.5 Å². The number of phosphoric ester groups is 1. The summed E-state index contributed by atoms with van der Waals surface area (Å²) in [6.07, 6.45) is -4.03. The number of hydrogen-bond acceptors (Lipinski definition) is 8. The first-order valence-corrected chi connectivity index (χ1v) is 8.52. The Labute approximate surface area is 137 Å². The summed E-state index contributed by atoms with van der Waals surface area (Å²) in [5.41, 5.74) is -0.176. The van der Waals surface area contributed by atoms with E-state index in [9.17, 15) is 19.6 Å². The zero-order valence-electron chi connectivity index (χ0n) is 11.8. The van der Waals surface area contributed by atoms with Gasteiger partial charge in [0.1, 0.15) is 34.1 Å². The second kappa shape index (κ2) is 6.13. The Morgan fingerprint density at radius 2 is 2.08 bits per heavy atom. The van der Waals surface area contributed by atoms with E-state index in [1.54, 1.807) is 0 Å². The Bertz CT molecular complexity index is 917. The van der Waals surface area contributed by atoms with E-state index in [4.69, 9.17) is 26.7 Å². The molecule has 3 heterocycles. The maximum absolute atomic E-state index is 11.5. The molecule has 24 heavy (non-hydrogen) atoms. The lowest BCUT2D eigenvalue weighted by Gasteiger charge is -2.16. The van der Waals surface area contributed by atoms with E-state index < -0.39 is 44.7 Å². The Balaban J connectivity index is 1.92. The summed E-state index contributed by atoms with van der Waals surface area (Å²) in [5, 5.41) is 20.1. The van der Waals surface area contributed by atoms with Gasteiger partial charge in [0.2, 0.25) is 0 Å². The van der Waals surface area contributed by atoms with Crippen molar-refractivity contribution >= 4 is 31.2 Å². The first kappa shape index (κ1) is 17.4. The maximum Gasteiger partial charge on any atom is 0.469 e. The third-order valence-electron chi connectivity index (χ3n) is 3.49. The second-order valence-electron chi connectivity index (χ2n) is 5.09. The molecule has 0 spiro atoms. The molecule has 1 saturated heterocycles. The van der Waals surface area contributed by atoms with Crippen LogP contribution in [-0.4, -0.2) is 64.4 Å². The summed E-state index contributed by atoms with van der Waals surface area (Å²) < 4.78 is 21.8. The standard InChI is InChI=1S/C10H13N4O8PS/c15-5-3(1-21-23(18,19)20)22-9(6(5)16)14-2-11-4-7(14)12-10(17)13-8(4)24/h2-3,5-6,9,15-16H,1H2,(H2,18,19,20)(H2,12,13,17,24)/t3-,5?,6?,9-/m0/s1. The average Bonchev–Trinajstić information content (AvgIpc) is 3.00. The number of aromatic nitrogens is 4. The summed E-state index contributed by atoms with van der Waals surface area (Å²) in [6, 6.07) is 0. The summed E-state index contributed by atoms with van der Waals surface area (Å²) in [4.78, 5) is 37.7. The molecule has 2 aromatic rings. The third-order valence-corrected chi connectivity index (χ3v) is 4.27. The molecule has 14 heteroatoms. The minimum atomic E-state index is -4.75. The molecule has 12 nitrogen and oxygen atoms in total. The van der Waals surface area contributed by atoms with Gasteiger partial charge >= 0.3 is 13.5 Å². The number of nitrogens with one attached hydrogen (secondary N) is 2. The molecular formula is C10H13N4O8PS. The van der Waals surface area contributed by atoms with Crippen LogP contribution in [0.25, 0.3) is 11.2 Å². The zero-order valence-corrected chi connectivity index (χ0v) is 13.5. The van der Waals surface area contributed by atoms with Crippen LogP contribution in [0.15, 0.2) is 11.1 Å². The highest BCUT2D eigenvalue weighted by atomic mass is 32.1. The highest BCUT2D eigenvalue weighted by molar-refractivity contribution is 7.71. The highest BCUT2D eigenvalue weighted by Crippen LogP contribution is 2.38. The van der Waals surface area contributed by atoms with E-state index in [1.807, 2.05) is 0 Å². The number of rotatable bonds is 4. The second-order valence-corrected chi connectivity index (χ2v) is 6.74. The van der Waals surface area contributed by atoms with Crippen molar-refractivity contribution in [2.45, 2.75) is 24.5 Å². The lowest BCUT2D eigenvalue weighted by Crippen LogP contribution is -2.33. The summed E-state index contributed by atoms with van der Waals surface area (Å²) in [5.74, 6) is 0. The predicted molar refractivity (Wildman–Crippen MR) is 79.5 cm³/mol. The molecule has 2 aromatic heterocycles. The number of imidazole rings is 1. The molecule has 0 saturated carbocycles. The fourth-order valence-electron chi connectivity index (χ4n) is 2.41. The van der Waals surface area contributed by atoms with Crippen molar-refractivity contribution < 1.29 is 33.8 Å². The number of nitrogens with zero attached hydrogens (tertiary/aromatic N) is 2. The van der Waals surface area contributed by atoms with Crippen molar-refractivity contribution in [3.63, 3.8) is 0 Å². The van der Waals surface area contributed by atoms with Crippen LogP contribution in [-0.2, 0) is 13.8 Å². The number of hydrogen-bond donors (Lipinski definition) is 6. The quantitative estimate of drug-likeness (QED) is 0.270. The minimum absolute atomic E-state index is 0.0851. The van der Waals surface area contributed by atoms with Gasteiger partial charge in [0.25, 0.3) is 0 Å². The van der Waals surface area contributed by atoms with Gasteiger partial charge < -0.3 is 24.7 Å². The number of aromatic amines is 2. The third kappa shape index (κ3) is 3.20. The summed E-state index contributed by atoms with van der Waals surface area (Å²) in [6.45, 7) is -0.637. The molecule has 1 fully saturated rings. The van der Waals surface area contributed by atoms with Crippen LogP contribution in [0.1, 0.15) is 6.23 Å². The molecule has 4 atom stereocenters. The molecule has 3 rings (SSSR count). The monoisotopic (exact) mass is 380 g/mol. The zero-order chi connectivity index (χ0) is 17.6. The Hall–Kier alpha value is -1.44. The number of phosphoric acid groups is 1. The number of ether oxygens (including phenoxy) is 1. The molecule has 0 bridgehead atoms. The van der Waals surface area contributed by atoms with Crippen molar-refractivity contribution in [1.29, 1.82) is 0 Å². The SMILES string of the molecule is O=c1[nH]c(=S)c2ncn([C@H]3O[C@@H](COP(=O)(O)O)C(O)C3O)c2[nH]1. The van der Waals surface area contributed by atoms with Gasteiger partial charge in [-0.05, 0) is 0 Å². The average molecular weight is 380 g/mol. The van der Waals surface area contributed by atoms with Crippen LogP contribution in [0, 0.1) is 4.64 Å². The Kier molecular flexibility index (Phi) is 4.44. The molecule has 0 aliphatic carbocycles. The van der Waals surface area contributed by atoms with Crippen molar-refractivity contribution in [3.8, 4) is 0 Å². The van der Waals surface area contributed by atoms with Crippen molar-refractivity contribution in [2.75, 3.05) is 6.61 Å². The highest BCUT2D eigenvalue weighted by Gasteiger charge is 2.45. The maximum atomic E-state index is 11.5. The predicted octanol–water partition coefficient (Wildman–Crippen LogP) is -1.49. The van der Waals surface area contributed by atoms with E-state index in [1.165, 1.54) is 10.9 Å². The van der Waals surface area contributed by atoms with Gasteiger partial charge in [0.15, 0.2) is 6.23 Å². The van der Waals surface area contributed by atoms with Gasteiger partial charge in [-0.15, -0.1) is 0 Å².